The van der Waals surface area contributed by atoms with Gasteiger partial charge in [0.2, 0.25) is 5.91 Å². The minimum absolute atomic E-state index is 0.176. The summed E-state index contributed by atoms with van der Waals surface area (Å²) in [6.07, 6.45) is 0. The van der Waals surface area contributed by atoms with E-state index in [9.17, 15) is 4.79 Å². The Balaban J connectivity index is 2.66. The van der Waals surface area contributed by atoms with Crippen LogP contribution < -0.4 is 11.1 Å². The summed E-state index contributed by atoms with van der Waals surface area (Å²) in [5.74, 6) is 1.48. The number of hydrogen-bond acceptors (Lipinski definition) is 4. The molecule has 0 spiro atoms. The summed E-state index contributed by atoms with van der Waals surface area (Å²) in [6, 6.07) is -0.0173. The normalized spacial score (nSPS) is 27.4. The van der Waals surface area contributed by atoms with Gasteiger partial charge < -0.3 is 11.1 Å². The Bertz CT molecular complexity index is 291. The van der Waals surface area contributed by atoms with Gasteiger partial charge in [0.25, 0.3) is 0 Å². The molecule has 0 aliphatic carbocycles. The average Bonchev–Trinajstić information content (AvgIpc) is 2.18. The van der Waals surface area contributed by atoms with Gasteiger partial charge in [0, 0.05) is 5.75 Å². The number of amidine groups is 1. The molecule has 16 heavy (non-hydrogen) atoms. The molecule has 1 aliphatic rings. The van der Waals surface area contributed by atoms with E-state index in [1.54, 1.807) is 11.8 Å². The molecule has 3 N–H and O–H groups in total. The molecule has 0 saturated carbocycles. The van der Waals surface area contributed by atoms with Crippen LogP contribution in [0.2, 0.25) is 0 Å². The lowest BCUT2D eigenvalue weighted by Crippen LogP contribution is -2.48. The molecule has 5 heteroatoms. The van der Waals surface area contributed by atoms with Gasteiger partial charge in [-0.05, 0) is 18.8 Å². The number of aliphatic imine (C=N–C) groups is 1. The molecule has 0 saturated heterocycles. The number of nitrogens with one attached hydrogen (secondary N) is 1. The number of hydrogen-bond donors (Lipinski definition) is 2. The second kappa shape index (κ2) is 5.57. The molecule has 1 rings (SSSR count). The van der Waals surface area contributed by atoms with Crippen molar-refractivity contribution in [3.05, 3.63) is 0 Å². The summed E-state index contributed by atoms with van der Waals surface area (Å²) in [4.78, 5) is 15.8. The molecular formula is C11H21N3OS. The highest BCUT2D eigenvalue weighted by Crippen LogP contribution is 2.22. The van der Waals surface area contributed by atoms with Gasteiger partial charge in [-0.15, -0.1) is 0 Å². The Morgan fingerprint density at radius 2 is 2.19 bits per heavy atom. The van der Waals surface area contributed by atoms with Crippen molar-refractivity contribution in [2.75, 3.05) is 5.75 Å². The van der Waals surface area contributed by atoms with Gasteiger partial charge in [0.05, 0.1) is 6.04 Å². The fraction of sp³-hybridized carbons (Fsp3) is 0.818. The van der Waals surface area contributed by atoms with Gasteiger partial charge in [0.1, 0.15) is 6.04 Å². The maximum atomic E-state index is 11.3. The van der Waals surface area contributed by atoms with E-state index in [1.165, 1.54) is 0 Å². The van der Waals surface area contributed by atoms with E-state index in [0.717, 1.165) is 10.9 Å². The van der Waals surface area contributed by atoms with Gasteiger partial charge in [-0.25, -0.2) is 0 Å². The third-order valence-electron chi connectivity index (χ3n) is 2.88. The van der Waals surface area contributed by atoms with E-state index in [1.807, 2.05) is 13.8 Å². The molecule has 0 radical (unpaired) electrons. The predicted octanol–water partition coefficient (Wildman–Crippen LogP) is 1.21. The minimum atomic E-state index is -0.327. The first-order chi connectivity index (χ1) is 7.41. The lowest BCUT2D eigenvalue weighted by Gasteiger charge is -2.27. The van der Waals surface area contributed by atoms with Crippen molar-refractivity contribution in [2.45, 2.75) is 39.8 Å². The van der Waals surface area contributed by atoms with E-state index < -0.39 is 0 Å². The Morgan fingerprint density at radius 3 is 2.62 bits per heavy atom. The number of carbonyl (C=O) groups excluding carboxylic acids is 1. The Hall–Kier alpha value is -0.710. The quantitative estimate of drug-likeness (QED) is 0.783. The molecule has 1 amide bonds. The topological polar surface area (TPSA) is 67.5 Å². The number of nitrogens with zero attached hydrogens (tertiary/aromatic N) is 1. The highest BCUT2D eigenvalue weighted by Gasteiger charge is 2.24. The Kier molecular flexibility index (Phi) is 4.65. The van der Waals surface area contributed by atoms with E-state index >= 15 is 0 Å². The van der Waals surface area contributed by atoms with E-state index in [-0.39, 0.29) is 17.9 Å². The summed E-state index contributed by atoms with van der Waals surface area (Å²) in [6.45, 7) is 8.23. The molecule has 92 valence electrons. The van der Waals surface area contributed by atoms with Gasteiger partial charge in [0.15, 0.2) is 5.17 Å². The first-order valence-electron chi connectivity index (χ1n) is 5.68. The van der Waals surface area contributed by atoms with E-state index in [2.05, 4.69) is 24.2 Å². The highest BCUT2D eigenvalue weighted by molar-refractivity contribution is 8.13. The molecular weight excluding hydrogens is 222 g/mol. The fourth-order valence-electron chi connectivity index (χ4n) is 1.48. The number of carbonyl (C=O) groups is 1. The van der Waals surface area contributed by atoms with Crippen LogP contribution in [0.25, 0.3) is 0 Å². The smallest absolute Gasteiger partial charge is 0.240 e. The Morgan fingerprint density at radius 1 is 1.56 bits per heavy atom. The molecule has 3 atom stereocenters. The van der Waals surface area contributed by atoms with Gasteiger partial charge in [-0.2, -0.15) is 0 Å². The van der Waals surface area contributed by atoms with Crippen molar-refractivity contribution in [1.29, 1.82) is 0 Å². The zero-order valence-electron chi connectivity index (χ0n) is 10.4. The first-order valence-corrected chi connectivity index (χ1v) is 6.66. The van der Waals surface area contributed by atoms with Crippen LogP contribution in [-0.2, 0) is 4.79 Å². The minimum Gasteiger partial charge on any atom is -0.368 e. The maximum Gasteiger partial charge on any atom is 0.240 e. The first kappa shape index (κ1) is 13.4. The SMILES string of the molecule is CC(C)C(NC1=NC(C)C(C)CS1)C(N)=O. The Labute approximate surface area is 101 Å². The van der Waals surface area contributed by atoms with Crippen molar-refractivity contribution >= 4 is 22.8 Å². The van der Waals surface area contributed by atoms with Crippen LogP contribution in [0.3, 0.4) is 0 Å². The number of rotatable bonds is 3. The molecule has 0 aromatic carbocycles. The van der Waals surface area contributed by atoms with Crippen molar-refractivity contribution in [3.8, 4) is 0 Å². The zero-order chi connectivity index (χ0) is 12.3. The largest absolute Gasteiger partial charge is 0.368 e. The zero-order valence-corrected chi connectivity index (χ0v) is 11.2. The molecule has 0 fully saturated rings. The van der Waals surface area contributed by atoms with Crippen LogP contribution in [0, 0.1) is 11.8 Å². The lowest BCUT2D eigenvalue weighted by atomic mass is 10.0. The average molecular weight is 243 g/mol. The third kappa shape index (κ3) is 3.40. The molecule has 0 aromatic rings. The molecule has 4 nitrogen and oxygen atoms in total. The fourth-order valence-corrected chi connectivity index (χ4v) is 2.63. The van der Waals surface area contributed by atoms with Gasteiger partial charge in [-0.3, -0.25) is 9.79 Å². The highest BCUT2D eigenvalue weighted by atomic mass is 32.2. The van der Waals surface area contributed by atoms with Crippen molar-refractivity contribution in [2.24, 2.45) is 22.6 Å². The summed E-state index contributed by atoms with van der Waals surface area (Å²) in [7, 11) is 0. The summed E-state index contributed by atoms with van der Waals surface area (Å²) in [5.41, 5.74) is 5.35. The molecule has 3 unspecified atom stereocenters. The van der Waals surface area contributed by atoms with Crippen LogP contribution in [0.5, 0.6) is 0 Å². The third-order valence-corrected chi connectivity index (χ3v) is 4.07. The number of thioether (sulfide) groups is 1. The monoisotopic (exact) mass is 243 g/mol. The summed E-state index contributed by atoms with van der Waals surface area (Å²) in [5, 5.41) is 3.99. The number of amides is 1. The van der Waals surface area contributed by atoms with Crippen LogP contribution in [0.4, 0.5) is 0 Å². The molecule has 1 aliphatic heterocycles. The van der Waals surface area contributed by atoms with Crippen molar-refractivity contribution in [1.82, 2.24) is 5.32 Å². The number of nitrogens with two attached hydrogens (primary N) is 1. The van der Waals surface area contributed by atoms with Crippen LogP contribution >= 0.6 is 11.8 Å². The van der Waals surface area contributed by atoms with Gasteiger partial charge in [-0.1, -0.05) is 32.5 Å². The van der Waals surface area contributed by atoms with Crippen molar-refractivity contribution < 1.29 is 4.79 Å². The van der Waals surface area contributed by atoms with Gasteiger partial charge >= 0.3 is 0 Å². The van der Waals surface area contributed by atoms with Crippen molar-refractivity contribution in [3.63, 3.8) is 0 Å². The van der Waals surface area contributed by atoms with E-state index in [4.69, 9.17) is 5.73 Å². The maximum absolute atomic E-state index is 11.3. The molecule has 1 heterocycles. The standard InChI is InChI=1S/C11H21N3OS/c1-6(2)9(10(12)15)14-11-13-8(4)7(3)5-16-11/h6-9H,5H2,1-4H3,(H2,12,15)(H,13,14). The lowest BCUT2D eigenvalue weighted by molar-refractivity contribution is -0.120. The van der Waals surface area contributed by atoms with Crippen LogP contribution in [0.1, 0.15) is 27.7 Å². The second-order valence-corrected chi connectivity index (χ2v) is 5.74. The second-order valence-electron chi connectivity index (χ2n) is 4.73. The summed E-state index contributed by atoms with van der Waals surface area (Å²) >= 11 is 1.67. The number of primary amides is 1. The van der Waals surface area contributed by atoms with E-state index in [0.29, 0.717) is 12.0 Å². The van der Waals surface area contributed by atoms with Crippen LogP contribution in [-0.4, -0.2) is 28.9 Å². The van der Waals surface area contributed by atoms with Crippen LogP contribution in [0.15, 0.2) is 4.99 Å². The molecule has 0 aromatic heterocycles. The predicted molar refractivity (Wildman–Crippen MR) is 69.5 cm³/mol. The summed E-state index contributed by atoms with van der Waals surface area (Å²) < 4.78 is 0. The molecule has 0 bridgehead atoms.